The highest BCUT2D eigenvalue weighted by molar-refractivity contribution is 9.10. The number of hydrogen-bond acceptors (Lipinski definition) is 2. The second-order valence-corrected chi connectivity index (χ2v) is 11.1. The van der Waals surface area contributed by atoms with Crippen molar-refractivity contribution < 1.29 is 13.9 Å². The monoisotopic (exact) mass is 360 g/mol. The SMILES string of the molecule is C[SiH](C)C(C)(C)C.OCc1cc2cc(F)cc(Br)c2o1. The van der Waals surface area contributed by atoms with E-state index < -0.39 is 0 Å². The molecule has 0 bridgehead atoms. The molecule has 5 heteroatoms. The highest BCUT2D eigenvalue weighted by Crippen LogP contribution is 2.28. The van der Waals surface area contributed by atoms with Gasteiger partial charge in [0.15, 0.2) is 0 Å². The zero-order valence-electron chi connectivity index (χ0n) is 12.6. The zero-order chi connectivity index (χ0) is 15.5. The van der Waals surface area contributed by atoms with Gasteiger partial charge in [0.05, 0.1) is 4.47 Å². The number of halogens is 2. The van der Waals surface area contributed by atoms with Crippen molar-refractivity contribution in [3.05, 3.63) is 34.2 Å². The Morgan fingerprint density at radius 3 is 2.25 bits per heavy atom. The number of furan rings is 1. The number of rotatable bonds is 1. The zero-order valence-corrected chi connectivity index (χ0v) is 15.4. The fourth-order valence-electron chi connectivity index (χ4n) is 1.21. The highest BCUT2D eigenvalue weighted by Gasteiger charge is 2.15. The summed E-state index contributed by atoms with van der Waals surface area (Å²) < 4.78 is 18.7. The maximum absolute atomic E-state index is 12.9. The fourth-order valence-corrected chi connectivity index (χ4v) is 1.74. The second-order valence-electron chi connectivity index (χ2n) is 6.20. The molecule has 0 aliphatic rings. The van der Waals surface area contributed by atoms with Crippen molar-refractivity contribution in [2.75, 3.05) is 0 Å². The highest BCUT2D eigenvalue weighted by atomic mass is 79.9. The third-order valence-electron chi connectivity index (χ3n) is 3.47. The second kappa shape index (κ2) is 6.87. The van der Waals surface area contributed by atoms with Gasteiger partial charge >= 0.3 is 0 Å². The summed E-state index contributed by atoms with van der Waals surface area (Å²) in [6.07, 6.45) is 0. The Balaban J connectivity index is 0.000000246. The van der Waals surface area contributed by atoms with Crippen LogP contribution < -0.4 is 0 Å². The van der Waals surface area contributed by atoms with E-state index in [1.165, 1.54) is 12.1 Å². The minimum atomic E-state index is -0.359. The van der Waals surface area contributed by atoms with E-state index in [4.69, 9.17) is 9.52 Å². The molecule has 112 valence electrons. The van der Waals surface area contributed by atoms with Gasteiger partial charge in [0.1, 0.15) is 23.8 Å². The van der Waals surface area contributed by atoms with Crippen LogP contribution >= 0.6 is 15.9 Å². The number of aliphatic hydroxyl groups is 1. The van der Waals surface area contributed by atoms with Gasteiger partial charge in [0.2, 0.25) is 0 Å². The van der Waals surface area contributed by atoms with Gasteiger partial charge in [-0.25, -0.2) is 4.39 Å². The molecule has 0 saturated carbocycles. The van der Waals surface area contributed by atoms with Crippen LogP contribution in [0.15, 0.2) is 27.1 Å². The summed E-state index contributed by atoms with van der Waals surface area (Å²) in [6, 6.07) is 4.30. The molecule has 1 aromatic heterocycles. The quantitative estimate of drug-likeness (QED) is 0.717. The standard InChI is InChI=1S/C9H6BrFO2.C6H16Si/c10-8-3-6(11)1-5-2-7(4-12)13-9(5)8;1-6(2,3)7(4)5/h1-3,12H,4H2;7H,1-5H3. The molecule has 0 aliphatic heterocycles. The molecule has 0 unspecified atom stereocenters. The lowest BCUT2D eigenvalue weighted by atomic mass is 10.2. The topological polar surface area (TPSA) is 33.4 Å². The predicted octanol–water partition coefficient (Wildman–Crippen LogP) is 5.10. The summed E-state index contributed by atoms with van der Waals surface area (Å²) in [6.45, 7) is 11.6. The van der Waals surface area contributed by atoms with E-state index >= 15 is 0 Å². The smallest absolute Gasteiger partial charge is 0.148 e. The first-order valence-corrected chi connectivity index (χ1v) is 10.3. The summed E-state index contributed by atoms with van der Waals surface area (Å²) in [4.78, 5) is 0. The summed E-state index contributed by atoms with van der Waals surface area (Å²) in [5.74, 6) is 0.103. The first-order valence-electron chi connectivity index (χ1n) is 6.63. The molecule has 1 N–H and O–H groups in total. The van der Waals surface area contributed by atoms with Crippen molar-refractivity contribution in [1.82, 2.24) is 0 Å². The van der Waals surface area contributed by atoms with Gasteiger partial charge in [-0.1, -0.05) is 33.9 Å². The van der Waals surface area contributed by atoms with Crippen molar-refractivity contribution in [3.8, 4) is 0 Å². The lowest BCUT2D eigenvalue weighted by Crippen LogP contribution is -2.16. The van der Waals surface area contributed by atoms with Crippen LogP contribution in [-0.2, 0) is 6.61 Å². The van der Waals surface area contributed by atoms with E-state index in [0.29, 0.717) is 26.2 Å². The molecule has 2 aromatic rings. The molecule has 0 fully saturated rings. The van der Waals surface area contributed by atoms with Crippen LogP contribution in [0.5, 0.6) is 0 Å². The van der Waals surface area contributed by atoms with Crippen molar-refractivity contribution in [2.24, 2.45) is 0 Å². The predicted molar refractivity (Wildman–Crippen MR) is 88.4 cm³/mol. The summed E-state index contributed by atoms with van der Waals surface area (Å²) in [7, 11) is -0.359. The normalized spacial score (nSPS) is 11.7. The van der Waals surface area contributed by atoms with Gasteiger partial charge in [-0.15, -0.1) is 0 Å². The minimum absolute atomic E-state index is 0.178. The number of fused-ring (bicyclic) bond motifs is 1. The van der Waals surface area contributed by atoms with Crippen LogP contribution in [-0.4, -0.2) is 13.9 Å². The molecule has 0 spiro atoms. The van der Waals surface area contributed by atoms with Crippen LogP contribution in [0.4, 0.5) is 4.39 Å². The molecule has 0 radical (unpaired) electrons. The Hall–Kier alpha value is -0.653. The van der Waals surface area contributed by atoms with Gasteiger partial charge in [0, 0.05) is 14.2 Å². The Kier molecular flexibility index (Phi) is 5.98. The number of hydrogen-bond donors (Lipinski definition) is 1. The summed E-state index contributed by atoms with van der Waals surface area (Å²) >= 11 is 3.17. The van der Waals surface area contributed by atoms with Crippen LogP contribution in [0, 0.1) is 5.82 Å². The van der Waals surface area contributed by atoms with Crippen molar-refractivity contribution in [3.63, 3.8) is 0 Å². The van der Waals surface area contributed by atoms with Crippen molar-refractivity contribution in [2.45, 2.75) is 45.5 Å². The molecule has 20 heavy (non-hydrogen) atoms. The van der Waals surface area contributed by atoms with Crippen LogP contribution in [0.2, 0.25) is 18.1 Å². The Labute approximate surface area is 129 Å². The third kappa shape index (κ3) is 4.72. The molecule has 0 amide bonds. The van der Waals surface area contributed by atoms with E-state index in [0.717, 1.165) is 0 Å². The maximum atomic E-state index is 12.9. The Morgan fingerprint density at radius 1 is 1.25 bits per heavy atom. The third-order valence-corrected chi connectivity index (χ3v) is 7.53. The average molecular weight is 361 g/mol. The first kappa shape index (κ1) is 17.4. The molecular formula is C15H22BrFO2Si. The lowest BCUT2D eigenvalue weighted by molar-refractivity contribution is 0.251. The molecule has 1 aromatic carbocycles. The number of aliphatic hydroxyl groups excluding tert-OH is 1. The summed E-state index contributed by atoms with van der Waals surface area (Å²) in [5.41, 5.74) is 0.561. The van der Waals surface area contributed by atoms with Gasteiger partial charge in [0.25, 0.3) is 0 Å². The number of benzene rings is 1. The summed E-state index contributed by atoms with van der Waals surface area (Å²) in [5, 5.41) is 10.1. The lowest BCUT2D eigenvalue weighted by Gasteiger charge is -2.21. The molecule has 0 atom stereocenters. The average Bonchev–Trinajstić information content (AvgIpc) is 2.71. The van der Waals surface area contributed by atoms with E-state index in [1.54, 1.807) is 6.07 Å². The van der Waals surface area contributed by atoms with Crippen molar-refractivity contribution in [1.29, 1.82) is 0 Å². The van der Waals surface area contributed by atoms with Crippen LogP contribution in [0.25, 0.3) is 11.0 Å². The molecule has 0 aliphatic carbocycles. The largest absolute Gasteiger partial charge is 0.457 e. The first-order chi connectivity index (χ1) is 9.15. The van der Waals surface area contributed by atoms with E-state index in [-0.39, 0.29) is 21.2 Å². The van der Waals surface area contributed by atoms with Gasteiger partial charge in [-0.2, -0.15) is 0 Å². The molecular weight excluding hydrogens is 339 g/mol. The van der Waals surface area contributed by atoms with Crippen molar-refractivity contribution >= 4 is 35.7 Å². The van der Waals surface area contributed by atoms with E-state index in [9.17, 15) is 4.39 Å². The fraction of sp³-hybridized carbons (Fsp3) is 0.467. The van der Waals surface area contributed by atoms with Crippen LogP contribution in [0.1, 0.15) is 26.5 Å². The van der Waals surface area contributed by atoms with E-state index in [2.05, 4.69) is 49.8 Å². The maximum Gasteiger partial charge on any atom is 0.148 e. The van der Waals surface area contributed by atoms with Crippen LogP contribution in [0.3, 0.4) is 0 Å². The molecule has 0 saturated heterocycles. The van der Waals surface area contributed by atoms with E-state index in [1.807, 2.05) is 0 Å². The Bertz CT molecular complexity index is 573. The molecule has 2 nitrogen and oxygen atoms in total. The molecule has 1 heterocycles. The van der Waals surface area contributed by atoms with Gasteiger partial charge < -0.3 is 9.52 Å². The molecule has 2 rings (SSSR count). The Morgan fingerprint density at radius 2 is 1.80 bits per heavy atom. The van der Waals surface area contributed by atoms with Gasteiger partial charge in [-0.05, 0) is 39.2 Å². The van der Waals surface area contributed by atoms with Gasteiger partial charge in [-0.3, -0.25) is 0 Å². The minimum Gasteiger partial charge on any atom is -0.457 e.